The van der Waals surface area contributed by atoms with Gasteiger partial charge in [0.15, 0.2) is 11.5 Å². The lowest BCUT2D eigenvalue weighted by Crippen LogP contribution is -2.31. The molecule has 0 radical (unpaired) electrons. The van der Waals surface area contributed by atoms with Gasteiger partial charge in [0, 0.05) is 11.1 Å². The fourth-order valence-electron chi connectivity index (χ4n) is 1.29. The molecule has 1 rings (SSSR count). The van der Waals surface area contributed by atoms with Crippen molar-refractivity contribution in [1.29, 1.82) is 0 Å². The van der Waals surface area contributed by atoms with E-state index < -0.39 is 0 Å². The Morgan fingerprint density at radius 1 is 1.17 bits per heavy atom. The first kappa shape index (κ1) is 14.2. The van der Waals surface area contributed by atoms with Crippen LogP contribution in [0, 0.1) is 0 Å². The van der Waals surface area contributed by atoms with Gasteiger partial charge in [-0.25, -0.2) is 0 Å². The minimum atomic E-state index is -0.0956. The molecule has 0 aliphatic heterocycles. The van der Waals surface area contributed by atoms with Crippen LogP contribution in [0.1, 0.15) is 26.3 Å². The number of nitrogens with zero attached hydrogens (tertiary/aromatic N) is 1. The summed E-state index contributed by atoms with van der Waals surface area (Å²) in [6, 6.07) is 3.37. The molecule has 0 fully saturated rings. The topological polar surface area (TPSA) is 63.1 Å². The van der Waals surface area contributed by atoms with E-state index in [1.54, 1.807) is 18.3 Å². The number of hydrogen-bond donors (Lipinski definition) is 2. The highest BCUT2D eigenvalue weighted by Crippen LogP contribution is 2.36. The first-order valence-electron chi connectivity index (χ1n) is 5.62. The zero-order valence-corrected chi connectivity index (χ0v) is 11.4. The third kappa shape index (κ3) is 3.84. The summed E-state index contributed by atoms with van der Waals surface area (Å²) in [4.78, 5) is 0. The van der Waals surface area contributed by atoms with E-state index in [-0.39, 0.29) is 11.3 Å². The van der Waals surface area contributed by atoms with Crippen molar-refractivity contribution >= 4 is 6.21 Å². The molecule has 0 saturated heterocycles. The smallest absolute Gasteiger partial charge is 0.200 e. The lowest BCUT2D eigenvalue weighted by atomic mass is 10.1. The summed E-state index contributed by atoms with van der Waals surface area (Å²) in [6.07, 6.45) is 1.65. The molecule has 0 spiro atoms. The summed E-state index contributed by atoms with van der Waals surface area (Å²) in [7, 11) is 2.98. The summed E-state index contributed by atoms with van der Waals surface area (Å²) < 4.78 is 10.1. The standard InChI is InChI=1S/C13H20N2O3/c1-13(2,3)15-14-8-9-6-10(17-4)12(16)11(7-9)18-5/h6-8,15-16H,1-5H3/b14-8+. The van der Waals surface area contributed by atoms with E-state index in [2.05, 4.69) is 10.5 Å². The summed E-state index contributed by atoms with van der Waals surface area (Å²) >= 11 is 0. The molecule has 0 aliphatic rings. The minimum absolute atomic E-state index is 0.0130. The number of phenols is 1. The van der Waals surface area contributed by atoms with Gasteiger partial charge in [0.25, 0.3) is 0 Å². The molecule has 0 atom stereocenters. The maximum Gasteiger partial charge on any atom is 0.200 e. The lowest BCUT2D eigenvalue weighted by Gasteiger charge is -2.17. The maximum atomic E-state index is 9.76. The highest BCUT2D eigenvalue weighted by molar-refractivity contribution is 5.82. The second kappa shape index (κ2) is 5.62. The zero-order chi connectivity index (χ0) is 13.8. The SMILES string of the molecule is COc1cc(/C=N/NC(C)(C)C)cc(OC)c1O. The molecule has 5 nitrogen and oxygen atoms in total. The molecular weight excluding hydrogens is 232 g/mol. The first-order chi connectivity index (χ1) is 8.37. The van der Waals surface area contributed by atoms with Crippen molar-refractivity contribution < 1.29 is 14.6 Å². The number of phenolic OH excluding ortho intramolecular Hbond substituents is 1. The highest BCUT2D eigenvalue weighted by atomic mass is 16.5. The Morgan fingerprint density at radius 3 is 2.06 bits per heavy atom. The number of methoxy groups -OCH3 is 2. The third-order valence-corrected chi connectivity index (χ3v) is 2.12. The predicted octanol–water partition coefficient (Wildman–Crippen LogP) is 2.13. The highest BCUT2D eigenvalue weighted by Gasteiger charge is 2.10. The van der Waals surface area contributed by atoms with E-state index >= 15 is 0 Å². The fourth-order valence-corrected chi connectivity index (χ4v) is 1.29. The van der Waals surface area contributed by atoms with Crippen LogP contribution in [-0.2, 0) is 0 Å². The van der Waals surface area contributed by atoms with Gasteiger partial charge in [0.2, 0.25) is 5.75 Å². The van der Waals surface area contributed by atoms with Crippen LogP contribution >= 0.6 is 0 Å². The van der Waals surface area contributed by atoms with Crippen LogP contribution in [0.5, 0.6) is 17.2 Å². The van der Waals surface area contributed by atoms with Crippen molar-refractivity contribution in [1.82, 2.24) is 5.43 Å². The molecule has 5 heteroatoms. The van der Waals surface area contributed by atoms with E-state index in [1.807, 2.05) is 20.8 Å². The molecule has 2 N–H and O–H groups in total. The van der Waals surface area contributed by atoms with Gasteiger partial charge in [-0.2, -0.15) is 5.10 Å². The van der Waals surface area contributed by atoms with Crippen LogP contribution in [0.3, 0.4) is 0 Å². The predicted molar refractivity (Wildman–Crippen MR) is 71.7 cm³/mol. The molecule has 0 bridgehead atoms. The Morgan fingerprint density at radius 2 is 1.67 bits per heavy atom. The zero-order valence-electron chi connectivity index (χ0n) is 11.4. The van der Waals surface area contributed by atoms with Gasteiger partial charge in [-0.1, -0.05) is 0 Å². The monoisotopic (exact) mass is 252 g/mol. The van der Waals surface area contributed by atoms with Crippen LogP contribution in [0.15, 0.2) is 17.2 Å². The van der Waals surface area contributed by atoms with Gasteiger partial charge in [0.05, 0.1) is 20.4 Å². The van der Waals surface area contributed by atoms with Crippen LogP contribution < -0.4 is 14.9 Å². The molecule has 0 unspecified atom stereocenters. The van der Waals surface area contributed by atoms with Gasteiger partial charge < -0.3 is 20.0 Å². The number of hydrogen-bond acceptors (Lipinski definition) is 5. The lowest BCUT2D eigenvalue weighted by molar-refractivity contribution is 0.340. The van der Waals surface area contributed by atoms with Crippen LogP contribution in [0.2, 0.25) is 0 Å². The summed E-state index contributed by atoms with van der Waals surface area (Å²) in [6.45, 7) is 6.05. The van der Waals surface area contributed by atoms with Crippen molar-refractivity contribution in [2.75, 3.05) is 14.2 Å². The number of hydrazone groups is 1. The van der Waals surface area contributed by atoms with E-state index in [1.165, 1.54) is 14.2 Å². The van der Waals surface area contributed by atoms with E-state index in [0.29, 0.717) is 11.5 Å². The summed E-state index contributed by atoms with van der Waals surface area (Å²) in [5, 5.41) is 13.9. The Balaban J connectivity index is 2.96. The molecule has 1 aromatic rings. The van der Waals surface area contributed by atoms with Crippen molar-refractivity contribution in [3.05, 3.63) is 17.7 Å². The number of rotatable bonds is 4. The van der Waals surface area contributed by atoms with Gasteiger partial charge >= 0.3 is 0 Å². The minimum Gasteiger partial charge on any atom is -0.502 e. The first-order valence-corrected chi connectivity index (χ1v) is 5.62. The average Bonchev–Trinajstić information content (AvgIpc) is 2.29. The number of benzene rings is 1. The van der Waals surface area contributed by atoms with Gasteiger partial charge in [-0.3, -0.25) is 0 Å². The van der Waals surface area contributed by atoms with Gasteiger partial charge in [-0.15, -0.1) is 0 Å². The van der Waals surface area contributed by atoms with E-state index in [9.17, 15) is 5.11 Å². The average molecular weight is 252 g/mol. The molecule has 0 saturated carbocycles. The molecular formula is C13H20N2O3. The largest absolute Gasteiger partial charge is 0.502 e. The molecule has 0 amide bonds. The second-order valence-corrected chi connectivity index (χ2v) is 4.89. The normalized spacial score (nSPS) is 11.6. The van der Waals surface area contributed by atoms with Crippen molar-refractivity contribution in [3.63, 3.8) is 0 Å². The summed E-state index contributed by atoms with van der Waals surface area (Å²) in [5.41, 5.74) is 3.67. The summed E-state index contributed by atoms with van der Waals surface area (Å²) in [5.74, 6) is 0.694. The maximum absolute atomic E-state index is 9.76. The van der Waals surface area contributed by atoms with Gasteiger partial charge in [-0.05, 0) is 32.9 Å². The third-order valence-electron chi connectivity index (χ3n) is 2.12. The molecule has 0 aromatic heterocycles. The Kier molecular flexibility index (Phi) is 4.42. The Hall–Kier alpha value is -1.91. The molecule has 18 heavy (non-hydrogen) atoms. The molecule has 0 heterocycles. The van der Waals surface area contributed by atoms with Gasteiger partial charge in [0.1, 0.15) is 0 Å². The number of ether oxygens (including phenoxy) is 2. The van der Waals surface area contributed by atoms with Crippen LogP contribution in [-0.4, -0.2) is 31.1 Å². The molecule has 0 aliphatic carbocycles. The molecule has 1 aromatic carbocycles. The Bertz CT molecular complexity index is 411. The Labute approximate surface area is 107 Å². The van der Waals surface area contributed by atoms with Crippen molar-refractivity contribution in [3.8, 4) is 17.2 Å². The van der Waals surface area contributed by atoms with Crippen molar-refractivity contribution in [2.45, 2.75) is 26.3 Å². The number of aromatic hydroxyl groups is 1. The van der Waals surface area contributed by atoms with E-state index in [0.717, 1.165) is 5.56 Å². The van der Waals surface area contributed by atoms with Crippen LogP contribution in [0.25, 0.3) is 0 Å². The number of nitrogens with one attached hydrogen (secondary N) is 1. The fraction of sp³-hybridized carbons (Fsp3) is 0.462. The van der Waals surface area contributed by atoms with Crippen LogP contribution in [0.4, 0.5) is 0 Å². The van der Waals surface area contributed by atoms with E-state index in [4.69, 9.17) is 9.47 Å². The van der Waals surface area contributed by atoms with Crippen molar-refractivity contribution in [2.24, 2.45) is 5.10 Å². The quantitative estimate of drug-likeness (QED) is 0.636. The second-order valence-electron chi connectivity index (χ2n) is 4.89. The molecule has 100 valence electrons.